The second kappa shape index (κ2) is 8.52. The van der Waals surface area contributed by atoms with Gasteiger partial charge in [-0.2, -0.15) is 0 Å². The van der Waals surface area contributed by atoms with Crippen LogP contribution in [0.3, 0.4) is 0 Å². The fourth-order valence-electron chi connectivity index (χ4n) is 5.95. The number of nitrogens with one attached hydrogen (secondary N) is 1. The molecule has 4 rings (SSSR count). The Hall–Kier alpha value is -0.0800. The largest absolute Gasteiger partial charge is 0.377 e. The van der Waals surface area contributed by atoms with Crippen molar-refractivity contribution in [1.82, 2.24) is 15.1 Å². The molecule has 0 radical (unpaired) electrons. The van der Waals surface area contributed by atoms with Gasteiger partial charge >= 0.3 is 0 Å². The van der Waals surface area contributed by atoms with E-state index < -0.39 is 0 Å². The highest BCUT2D eigenvalue weighted by atomic mass is 127. The predicted octanol–water partition coefficient (Wildman–Crippen LogP) is 2.94. The van der Waals surface area contributed by atoms with E-state index in [-0.39, 0.29) is 24.0 Å². The zero-order chi connectivity index (χ0) is 17.4. The molecule has 2 aliphatic carbocycles. The first kappa shape index (κ1) is 20.6. The van der Waals surface area contributed by atoms with E-state index >= 15 is 0 Å². The molecule has 4 unspecified atom stereocenters. The molecule has 0 aromatic rings. The van der Waals surface area contributed by atoms with E-state index in [4.69, 9.17) is 9.73 Å². The molecule has 6 heteroatoms. The molecule has 5 nitrogen and oxygen atoms in total. The minimum atomic E-state index is 0. The van der Waals surface area contributed by atoms with Crippen LogP contribution in [0.25, 0.3) is 0 Å². The third-order valence-corrected chi connectivity index (χ3v) is 7.42. The maximum Gasteiger partial charge on any atom is 0.194 e. The number of likely N-dealkylation sites (N-methyl/N-ethyl adjacent to an activating group) is 1. The molecule has 1 N–H and O–H groups in total. The number of hydrogen-bond acceptors (Lipinski definition) is 3. The second-order valence-corrected chi connectivity index (χ2v) is 8.36. The lowest BCUT2D eigenvalue weighted by atomic mass is 9.46. The number of guanidine groups is 1. The first-order valence-electron chi connectivity index (χ1n) is 10.6. The summed E-state index contributed by atoms with van der Waals surface area (Å²) in [4.78, 5) is 10.00. The zero-order valence-corrected chi connectivity index (χ0v) is 19.1. The van der Waals surface area contributed by atoms with Crippen molar-refractivity contribution >= 4 is 29.9 Å². The Kier molecular flexibility index (Phi) is 6.76. The van der Waals surface area contributed by atoms with Crippen molar-refractivity contribution in [3.8, 4) is 0 Å². The van der Waals surface area contributed by atoms with Crippen LogP contribution in [0, 0.1) is 11.3 Å². The standard InChI is InChI=1S/C20H36N4O.HI/c1-4-21-19(24-12-8-15(14-24)23(5-2)6-3)22-17-16-9-13-25-18(16)20(17)10-7-11-20;/h15-18H,4-14H2,1-3H3,(H,21,22);1H. The van der Waals surface area contributed by atoms with Crippen molar-refractivity contribution in [1.29, 1.82) is 0 Å². The van der Waals surface area contributed by atoms with E-state index in [9.17, 15) is 0 Å². The summed E-state index contributed by atoms with van der Waals surface area (Å²) in [5.41, 5.74) is 0.424. The lowest BCUT2D eigenvalue weighted by molar-refractivity contribution is -0.171. The van der Waals surface area contributed by atoms with Gasteiger partial charge in [-0.25, -0.2) is 0 Å². The summed E-state index contributed by atoms with van der Waals surface area (Å²) in [6.45, 7) is 13.1. The van der Waals surface area contributed by atoms with Crippen molar-refractivity contribution in [3.05, 3.63) is 0 Å². The average Bonchev–Trinajstić information content (AvgIpc) is 3.20. The highest BCUT2D eigenvalue weighted by Gasteiger charge is 2.66. The summed E-state index contributed by atoms with van der Waals surface area (Å²) in [7, 11) is 0. The molecular formula is C20H37IN4O. The molecule has 2 heterocycles. The highest BCUT2D eigenvalue weighted by Crippen LogP contribution is 2.62. The Morgan fingerprint density at radius 3 is 2.62 bits per heavy atom. The Bertz CT molecular complexity index is 506. The molecule has 2 saturated carbocycles. The smallest absolute Gasteiger partial charge is 0.194 e. The van der Waals surface area contributed by atoms with Crippen LogP contribution in [0.5, 0.6) is 0 Å². The van der Waals surface area contributed by atoms with Gasteiger partial charge in [-0.15, -0.1) is 24.0 Å². The third-order valence-electron chi connectivity index (χ3n) is 7.42. The van der Waals surface area contributed by atoms with Gasteiger partial charge in [0.1, 0.15) is 0 Å². The molecule has 0 aromatic carbocycles. The number of hydrogen-bond donors (Lipinski definition) is 1. The van der Waals surface area contributed by atoms with Crippen LogP contribution in [0.2, 0.25) is 0 Å². The maximum atomic E-state index is 6.08. The van der Waals surface area contributed by atoms with Crippen LogP contribution < -0.4 is 5.32 Å². The molecule has 4 aliphatic rings. The zero-order valence-electron chi connectivity index (χ0n) is 16.7. The summed E-state index contributed by atoms with van der Waals surface area (Å²) >= 11 is 0. The van der Waals surface area contributed by atoms with E-state index in [0.717, 1.165) is 39.3 Å². The molecule has 150 valence electrons. The molecule has 0 amide bonds. The molecule has 4 atom stereocenters. The van der Waals surface area contributed by atoms with Gasteiger partial charge in [-0.05, 0) is 45.7 Å². The number of fused-ring (bicyclic) bond motifs is 2. The molecule has 0 bridgehead atoms. The van der Waals surface area contributed by atoms with Crippen molar-refractivity contribution in [2.24, 2.45) is 16.3 Å². The summed E-state index contributed by atoms with van der Waals surface area (Å²) in [6.07, 6.45) is 7.07. The third kappa shape index (κ3) is 3.28. The average molecular weight is 476 g/mol. The number of likely N-dealkylation sites (tertiary alicyclic amines) is 1. The quantitative estimate of drug-likeness (QED) is 0.377. The van der Waals surface area contributed by atoms with Crippen molar-refractivity contribution in [2.45, 2.75) is 71.1 Å². The van der Waals surface area contributed by atoms with Crippen LogP contribution in [0.15, 0.2) is 4.99 Å². The SMILES string of the molecule is CCN=C(NC1C2CCOC2C12CCC2)N1CCC(N(CC)CC)C1.I. The summed E-state index contributed by atoms with van der Waals surface area (Å²) in [5, 5.41) is 3.93. The number of ether oxygens (including phenoxy) is 1. The minimum absolute atomic E-state index is 0. The van der Waals surface area contributed by atoms with Crippen molar-refractivity contribution in [2.75, 3.05) is 39.3 Å². The lowest BCUT2D eigenvalue weighted by Gasteiger charge is -2.63. The monoisotopic (exact) mass is 476 g/mol. The van der Waals surface area contributed by atoms with Gasteiger partial charge in [0, 0.05) is 49.7 Å². The van der Waals surface area contributed by atoms with Gasteiger partial charge in [-0.3, -0.25) is 9.89 Å². The van der Waals surface area contributed by atoms with E-state index in [2.05, 4.69) is 35.9 Å². The lowest BCUT2D eigenvalue weighted by Crippen LogP contribution is -2.72. The van der Waals surface area contributed by atoms with Crippen LogP contribution in [0.4, 0.5) is 0 Å². The fourth-order valence-corrected chi connectivity index (χ4v) is 5.95. The normalized spacial score (nSPS) is 35.1. The van der Waals surface area contributed by atoms with Gasteiger partial charge in [0.25, 0.3) is 0 Å². The van der Waals surface area contributed by atoms with E-state index in [0.29, 0.717) is 29.5 Å². The minimum Gasteiger partial charge on any atom is -0.377 e. The maximum absolute atomic E-state index is 6.08. The Labute approximate surface area is 176 Å². The first-order chi connectivity index (χ1) is 12.2. The summed E-state index contributed by atoms with van der Waals surface area (Å²) in [5.74, 6) is 1.88. The molecule has 26 heavy (non-hydrogen) atoms. The molecule has 1 spiro atoms. The molecule has 2 aliphatic heterocycles. The highest BCUT2D eigenvalue weighted by molar-refractivity contribution is 14.0. The van der Waals surface area contributed by atoms with Gasteiger partial charge < -0.3 is 15.0 Å². The fraction of sp³-hybridized carbons (Fsp3) is 0.950. The second-order valence-electron chi connectivity index (χ2n) is 8.36. The molecule has 4 fully saturated rings. The number of aliphatic imine (C=N–C) groups is 1. The molecular weight excluding hydrogens is 439 g/mol. The van der Waals surface area contributed by atoms with E-state index in [1.54, 1.807) is 0 Å². The van der Waals surface area contributed by atoms with Crippen LogP contribution in [0.1, 0.15) is 52.9 Å². The Morgan fingerprint density at radius 1 is 1.23 bits per heavy atom. The number of rotatable bonds is 5. The first-order valence-corrected chi connectivity index (χ1v) is 10.6. The topological polar surface area (TPSA) is 40.1 Å². The van der Waals surface area contributed by atoms with Crippen molar-refractivity contribution in [3.63, 3.8) is 0 Å². The number of nitrogens with zero attached hydrogens (tertiary/aromatic N) is 3. The summed E-state index contributed by atoms with van der Waals surface area (Å²) in [6, 6.07) is 1.27. The van der Waals surface area contributed by atoms with Crippen LogP contribution in [-0.4, -0.2) is 73.3 Å². The van der Waals surface area contributed by atoms with Gasteiger partial charge in [0.15, 0.2) is 5.96 Å². The van der Waals surface area contributed by atoms with Crippen LogP contribution in [-0.2, 0) is 4.74 Å². The predicted molar refractivity (Wildman–Crippen MR) is 117 cm³/mol. The van der Waals surface area contributed by atoms with E-state index in [1.165, 1.54) is 38.1 Å². The summed E-state index contributed by atoms with van der Waals surface area (Å²) < 4.78 is 6.08. The van der Waals surface area contributed by atoms with Crippen molar-refractivity contribution < 1.29 is 4.74 Å². The number of halogens is 1. The Balaban J connectivity index is 0.00000196. The molecule has 2 saturated heterocycles. The van der Waals surface area contributed by atoms with E-state index in [1.807, 2.05) is 0 Å². The Morgan fingerprint density at radius 2 is 2.00 bits per heavy atom. The van der Waals surface area contributed by atoms with Crippen LogP contribution >= 0.6 is 24.0 Å². The van der Waals surface area contributed by atoms with Gasteiger partial charge in [-0.1, -0.05) is 20.3 Å². The van der Waals surface area contributed by atoms with Gasteiger partial charge in [0.2, 0.25) is 0 Å². The van der Waals surface area contributed by atoms with Gasteiger partial charge in [0.05, 0.1) is 6.10 Å². The molecule has 0 aromatic heterocycles.